The maximum atomic E-state index is 12.9. The number of amides is 2. The minimum absolute atomic E-state index is 0.200. The molecule has 4 aliphatic rings. The van der Waals surface area contributed by atoms with E-state index in [1.54, 1.807) is 19.5 Å². The predicted molar refractivity (Wildman–Crippen MR) is 215 cm³/mol. The van der Waals surface area contributed by atoms with Crippen LogP contribution in [0.1, 0.15) is 73.8 Å². The van der Waals surface area contributed by atoms with Crippen molar-refractivity contribution < 1.29 is 19.1 Å². The SMILES string of the molecule is CCCOc1cc(C2=CCN(C(=O)CN3CCCC(OC)C3)CC2)ccc1-c1ncccn1.O=CNc1ccc2c(c1)C(c1ccnc(C3CC3)c1)=NCN2. The van der Waals surface area contributed by atoms with Crippen LogP contribution in [0.2, 0.25) is 0 Å². The molecule has 12 nitrogen and oxygen atoms in total. The van der Waals surface area contributed by atoms with Gasteiger partial charge in [0.1, 0.15) is 12.4 Å². The molecular formula is C43H50N8O4. The van der Waals surface area contributed by atoms with Gasteiger partial charge in [-0.15, -0.1) is 0 Å². The second-order valence-corrected chi connectivity index (χ2v) is 14.3. The van der Waals surface area contributed by atoms with E-state index in [1.807, 2.05) is 47.5 Å². The third-order valence-electron chi connectivity index (χ3n) is 10.4. The van der Waals surface area contributed by atoms with Crippen LogP contribution < -0.4 is 15.4 Å². The van der Waals surface area contributed by atoms with Crippen LogP contribution in [0.4, 0.5) is 11.4 Å². The molecule has 2 aromatic heterocycles. The number of nitrogens with zero attached hydrogens (tertiary/aromatic N) is 6. The molecule has 2 aromatic carbocycles. The van der Waals surface area contributed by atoms with Gasteiger partial charge < -0.3 is 25.0 Å². The van der Waals surface area contributed by atoms with Gasteiger partial charge in [0, 0.05) is 79.4 Å². The number of hydrogen-bond donors (Lipinski definition) is 2. The molecule has 2 N–H and O–H groups in total. The molecule has 1 saturated carbocycles. The average molecular weight is 743 g/mol. The molecular weight excluding hydrogens is 693 g/mol. The van der Waals surface area contributed by atoms with Gasteiger partial charge in [-0.2, -0.15) is 0 Å². The van der Waals surface area contributed by atoms with Gasteiger partial charge in [0.05, 0.1) is 30.5 Å². The fourth-order valence-electron chi connectivity index (χ4n) is 7.26. The number of aliphatic imine (C=N–C) groups is 1. The normalized spacial score (nSPS) is 18.1. The Kier molecular flexibility index (Phi) is 12.6. The largest absolute Gasteiger partial charge is 0.493 e. The molecule has 8 rings (SSSR count). The molecule has 1 aliphatic carbocycles. The third kappa shape index (κ3) is 9.62. The summed E-state index contributed by atoms with van der Waals surface area (Å²) in [5.74, 6) is 2.28. The Morgan fingerprint density at radius 1 is 0.982 bits per heavy atom. The van der Waals surface area contributed by atoms with Gasteiger partial charge in [0.15, 0.2) is 5.82 Å². The number of nitrogens with one attached hydrogen (secondary N) is 2. The molecule has 286 valence electrons. The smallest absolute Gasteiger partial charge is 0.237 e. The second-order valence-electron chi connectivity index (χ2n) is 14.3. The Bertz CT molecular complexity index is 2020. The first-order chi connectivity index (χ1) is 27.0. The highest BCUT2D eigenvalue weighted by Crippen LogP contribution is 2.39. The number of aromatic nitrogens is 3. The molecule has 12 heteroatoms. The minimum atomic E-state index is 0.200. The van der Waals surface area contributed by atoms with Crippen LogP contribution in [0.3, 0.4) is 0 Å². The van der Waals surface area contributed by atoms with Crippen LogP contribution in [-0.2, 0) is 14.3 Å². The zero-order valence-corrected chi connectivity index (χ0v) is 31.7. The van der Waals surface area contributed by atoms with Gasteiger partial charge in [0.25, 0.3) is 0 Å². The van der Waals surface area contributed by atoms with Crippen LogP contribution >= 0.6 is 0 Å². The van der Waals surface area contributed by atoms with Crippen molar-refractivity contribution in [1.29, 1.82) is 0 Å². The molecule has 1 atom stereocenters. The summed E-state index contributed by atoms with van der Waals surface area (Å²) in [5, 5.41) is 5.96. The quantitative estimate of drug-likeness (QED) is 0.158. The van der Waals surface area contributed by atoms with Crippen molar-refractivity contribution in [3.8, 4) is 17.1 Å². The maximum absolute atomic E-state index is 12.9. The number of likely N-dealkylation sites (tertiary alicyclic amines) is 1. The van der Waals surface area contributed by atoms with E-state index in [1.165, 1.54) is 18.4 Å². The fourth-order valence-corrected chi connectivity index (χ4v) is 7.26. The zero-order valence-electron chi connectivity index (χ0n) is 31.7. The van der Waals surface area contributed by atoms with E-state index in [-0.39, 0.29) is 12.0 Å². The van der Waals surface area contributed by atoms with E-state index in [0.29, 0.717) is 44.5 Å². The molecule has 0 spiro atoms. The molecule has 2 fully saturated rings. The number of hydrogen-bond acceptors (Lipinski definition) is 10. The summed E-state index contributed by atoms with van der Waals surface area (Å²) in [6.45, 7) is 6.97. The molecule has 1 saturated heterocycles. The number of ether oxygens (including phenoxy) is 2. The standard InChI is InChI=1S/C26H34N4O3.C17H16N4O/c1-3-16-33-24-17-21(7-8-23(24)26-27-11-5-12-28-26)20-9-14-30(15-10-20)25(31)19-29-13-4-6-22(18-29)32-2;22-10-21-13-3-4-15-14(8-13)17(20-9-19-15)12-5-6-18-16(7-12)11-1-2-11/h5,7-9,11-12,17,22H,3-4,6,10,13-16,18-19H2,1-2H3;3-8,10-11,19H,1-2,9H2,(H,21,22). The lowest BCUT2D eigenvalue weighted by molar-refractivity contribution is -0.132. The first kappa shape index (κ1) is 37.8. The van der Waals surface area contributed by atoms with Gasteiger partial charge in [-0.1, -0.05) is 19.1 Å². The molecule has 1 unspecified atom stereocenters. The van der Waals surface area contributed by atoms with E-state index in [9.17, 15) is 9.59 Å². The zero-order chi connectivity index (χ0) is 38.0. The minimum Gasteiger partial charge on any atom is -0.493 e. The van der Waals surface area contributed by atoms with Crippen molar-refractivity contribution >= 4 is 35.0 Å². The Hall–Kier alpha value is -5.46. The number of pyridine rings is 1. The summed E-state index contributed by atoms with van der Waals surface area (Å²) in [6, 6.07) is 18.0. The first-order valence-corrected chi connectivity index (χ1v) is 19.4. The highest BCUT2D eigenvalue weighted by Gasteiger charge is 2.27. The predicted octanol–water partition coefficient (Wildman–Crippen LogP) is 6.41. The second kappa shape index (κ2) is 18.2. The number of fused-ring (bicyclic) bond motifs is 1. The Labute approximate surface area is 323 Å². The van der Waals surface area contributed by atoms with E-state index in [2.05, 4.69) is 66.7 Å². The number of carbonyl (C=O) groups excluding carboxylic acids is 2. The van der Waals surface area contributed by atoms with Crippen LogP contribution in [0.5, 0.6) is 5.75 Å². The van der Waals surface area contributed by atoms with Gasteiger partial charge >= 0.3 is 0 Å². The molecule has 55 heavy (non-hydrogen) atoms. The van der Waals surface area contributed by atoms with E-state index in [0.717, 1.165) is 96.1 Å². The summed E-state index contributed by atoms with van der Waals surface area (Å²) in [4.78, 5) is 45.6. The van der Waals surface area contributed by atoms with Crippen molar-refractivity contribution in [2.75, 3.05) is 63.7 Å². The lowest BCUT2D eigenvalue weighted by Gasteiger charge is -2.34. The lowest BCUT2D eigenvalue weighted by atomic mass is 9.97. The molecule has 0 radical (unpaired) electrons. The number of methoxy groups -OCH3 is 1. The average Bonchev–Trinajstić information content (AvgIpc) is 4.10. The lowest BCUT2D eigenvalue weighted by Crippen LogP contribution is -2.46. The van der Waals surface area contributed by atoms with Crippen molar-refractivity contribution in [2.45, 2.75) is 57.5 Å². The number of piperidine rings is 1. The molecule has 2 amide bonds. The van der Waals surface area contributed by atoms with Crippen LogP contribution in [0.15, 0.2) is 84.3 Å². The third-order valence-corrected chi connectivity index (χ3v) is 10.4. The summed E-state index contributed by atoms with van der Waals surface area (Å²) >= 11 is 0. The van der Waals surface area contributed by atoms with E-state index in [4.69, 9.17) is 9.47 Å². The van der Waals surface area contributed by atoms with Crippen molar-refractivity contribution in [3.63, 3.8) is 0 Å². The van der Waals surface area contributed by atoms with Crippen molar-refractivity contribution in [2.24, 2.45) is 4.99 Å². The van der Waals surface area contributed by atoms with E-state index >= 15 is 0 Å². The van der Waals surface area contributed by atoms with Crippen molar-refractivity contribution in [1.82, 2.24) is 24.8 Å². The molecule has 3 aliphatic heterocycles. The summed E-state index contributed by atoms with van der Waals surface area (Å²) in [6.07, 6.45) is 14.8. The Morgan fingerprint density at radius 2 is 1.85 bits per heavy atom. The Morgan fingerprint density at radius 3 is 2.62 bits per heavy atom. The molecule has 4 aromatic rings. The maximum Gasteiger partial charge on any atom is 0.237 e. The molecule has 0 bridgehead atoms. The Balaban J connectivity index is 0.000000183. The monoisotopic (exact) mass is 742 g/mol. The number of carbonyl (C=O) groups is 2. The number of rotatable bonds is 12. The fraction of sp³-hybridized carbons (Fsp3) is 0.395. The summed E-state index contributed by atoms with van der Waals surface area (Å²) < 4.78 is 11.5. The topological polar surface area (TPSA) is 134 Å². The van der Waals surface area contributed by atoms with Gasteiger partial charge in [0.2, 0.25) is 12.3 Å². The van der Waals surface area contributed by atoms with Crippen molar-refractivity contribution in [3.05, 3.63) is 102 Å². The van der Waals surface area contributed by atoms with Gasteiger partial charge in [-0.3, -0.25) is 24.5 Å². The van der Waals surface area contributed by atoms with Gasteiger partial charge in [-0.05, 0) is 105 Å². The van der Waals surface area contributed by atoms with Crippen LogP contribution in [0, 0.1) is 0 Å². The highest BCUT2D eigenvalue weighted by atomic mass is 16.5. The van der Waals surface area contributed by atoms with Gasteiger partial charge in [-0.25, -0.2) is 9.97 Å². The highest BCUT2D eigenvalue weighted by molar-refractivity contribution is 6.17. The van der Waals surface area contributed by atoms with Crippen LogP contribution in [-0.4, -0.2) is 102 Å². The summed E-state index contributed by atoms with van der Waals surface area (Å²) in [5.41, 5.74) is 9.28. The number of anilines is 2. The molecule has 5 heterocycles. The first-order valence-electron chi connectivity index (χ1n) is 19.4. The number of benzene rings is 2. The summed E-state index contributed by atoms with van der Waals surface area (Å²) in [7, 11) is 1.76. The van der Waals surface area contributed by atoms with Crippen LogP contribution in [0.25, 0.3) is 17.0 Å². The van der Waals surface area contributed by atoms with E-state index < -0.39 is 0 Å².